The van der Waals surface area contributed by atoms with E-state index in [9.17, 15) is 9.18 Å². The zero-order chi connectivity index (χ0) is 29.9. The molecule has 1 atom stereocenters. The number of halogens is 2. The number of benzene rings is 2. The Balaban J connectivity index is 1.12. The fraction of sp³-hybridized carbons (Fsp3) is 0.469. The molecular weight excluding hydrogens is 573 g/mol. The molecule has 0 N–H and O–H groups in total. The number of fused-ring (bicyclic) bond motifs is 2. The summed E-state index contributed by atoms with van der Waals surface area (Å²) >= 11 is 6.41. The van der Waals surface area contributed by atoms with Gasteiger partial charge in [-0.2, -0.15) is 9.97 Å². The van der Waals surface area contributed by atoms with Gasteiger partial charge in [-0.05, 0) is 29.9 Å². The van der Waals surface area contributed by atoms with Gasteiger partial charge in [0.2, 0.25) is 5.91 Å². The summed E-state index contributed by atoms with van der Waals surface area (Å²) in [6.45, 7) is 5.50. The van der Waals surface area contributed by atoms with Crippen LogP contribution in [0.5, 0.6) is 6.01 Å². The highest BCUT2D eigenvalue weighted by molar-refractivity contribution is 6.36. The van der Waals surface area contributed by atoms with Crippen molar-refractivity contribution in [2.45, 2.75) is 38.1 Å². The quantitative estimate of drug-likeness (QED) is 0.361. The molecule has 11 heteroatoms. The number of piperidine rings is 1. The molecule has 0 bridgehead atoms. The number of hydrogen-bond acceptors (Lipinski definition) is 8. The largest absolute Gasteiger partial charge is 0.467 e. The van der Waals surface area contributed by atoms with E-state index in [0.717, 1.165) is 60.5 Å². The normalized spacial score (nSPS) is 20.1. The van der Waals surface area contributed by atoms with Crippen molar-refractivity contribution in [1.29, 1.82) is 0 Å². The molecule has 0 saturated carbocycles. The Morgan fingerprint density at radius 1 is 1.09 bits per heavy atom. The highest BCUT2D eigenvalue weighted by atomic mass is 35.5. The van der Waals surface area contributed by atoms with Crippen LogP contribution in [0.3, 0.4) is 0 Å². The third-order valence-electron chi connectivity index (χ3n) is 8.74. The van der Waals surface area contributed by atoms with Crippen LogP contribution in [0.4, 0.5) is 10.2 Å². The molecule has 4 heterocycles. The van der Waals surface area contributed by atoms with E-state index in [-0.39, 0.29) is 23.0 Å². The molecule has 2 saturated heterocycles. The molecule has 1 unspecified atom stereocenters. The predicted molar refractivity (Wildman–Crippen MR) is 163 cm³/mol. The van der Waals surface area contributed by atoms with Gasteiger partial charge in [-0.25, -0.2) is 4.39 Å². The number of piperazine rings is 1. The van der Waals surface area contributed by atoms with Gasteiger partial charge in [-0.15, -0.1) is 0 Å². The van der Waals surface area contributed by atoms with Gasteiger partial charge in [-0.1, -0.05) is 41.9 Å². The third-order valence-corrected chi connectivity index (χ3v) is 9.11. The number of likely N-dealkylation sites (tertiary alicyclic amines) is 1. The standard InChI is InChI=1S/C32H37ClFN5O4/c1-41-22-10-13-37(14-11-22)12-4-7-28(40)38-15-17-39(18-16-38)31-24-20-43-27(19-26(24)35-32(36-31)42-2)23-6-3-5-21-8-9-25(34)30(33)29(21)23/h3-9,22,27H,10-20H2,1-2H3/b7-4+. The molecule has 0 radical (unpaired) electrons. The molecule has 9 nitrogen and oxygen atoms in total. The van der Waals surface area contributed by atoms with Gasteiger partial charge in [0.1, 0.15) is 11.6 Å². The first kappa shape index (κ1) is 29.7. The zero-order valence-corrected chi connectivity index (χ0v) is 25.4. The highest BCUT2D eigenvalue weighted by Crippen LogP contribution is 2.39. The summed E-state index contributed by atoms with van der Waals surface area (Å²) in [6.07, 6.45) is 6.20. The fourth-order valence-electron chi connectivity index (χ4n) is 6.26. The van der Waals surface area contributed by atoms with Gasteiger partial charge >= 0.3 is 6.01 Å². The number of anilines is 1. The second-order valence-corrected chi connectivity index (χ2v) is 11.6. The lowest BCUT2D eigenvalue weighted by Crippen LogP contribution is -2.49. The Bertz CT molecular complexity index is 1500. The SMILES string of the molecule is COc1nc2c(c(N3CCN(C(=O)/C=C/CN4CCC(OC)CC4)CC3)n1)COC(c1cccc3ccc(F)c(Cl)c13)C2. The third kappa shape index (κ3) is 6.33. The lowest BCUT2D eigenvalue weighted by molar-refractivity contribution is -0.126. The molecule has 0 spiro atoms. The lowest BCUT2D eigenvalue weighted by atomic mass is 9.94. The molecule has 228 valence electrons. The number of carbonyl (C=O) groups is 1. The highest BCUT2D eigenvalue weighted by Gasteiger charge is 2.31. The van der Waals surface area contributed by atoms with Crippen molar-refractivity contribution in [1.82, 2.24) is 19.8 Å². The van der Waals surface area contributed by atoms with Crippen molar-refractivity contribution >= 4 is 34.1 Å². The fourth-order valence-corrected chi connectivity index (χ4v) is 6.54. The van der Waals surface area contributed by atoms with E-state index in [0.29, 0.717) is 50.7 Å². The maximum Gasteiger partial charge on any atom is 0.318 e. The summed E-state index contributed by atoms with van der Waals surface area (Å²) in [5.41, 5.74) is 2.57. The van der Waals surface area contributed by atoms with Crippen LogP contribution in [-0.2, 0) is 27.3 Å². The molecule has 1 aromatic heterocycles. The van der Waals surface area contributed by atoms with E-state index in [1.54, 1.807) is 26.4 Å². The van der Waals surface area contributed by atoms with Crippen molar-refractivity contribution in [3.8, 4) is 6.01 Å². The number of rotatable bonds is 7. The summed E-state index contributed by atoms with van der Waals surface area (Å²) in [7, 11) is 3.32. The summed E-state index contributed by atoms with van der Waals surface area (Å²) in [5.74, 6) is 0.342. The number of methoxy groups -OCH3 is 2. The van der Waals surface area contributed by atoms with Crippen LogP contribution in [-0.4, -0.2) is 91.8 Å². The molecule has 2 aromatic carbocycles. The first-order chi connectivity index (χ1) is 20.9. The van der Waals surface area contributed by atoms with E-state index in [1.807, 2.05) is 29.2 Å². The minimum Gasteiger partial charge on any atom is -0.467 e. The molecule has 3 aliphatic rings. The molecule has 1 amide bonds. The summed E-state index contributed by atoms with van der Waals surface area (Å²) < 4.78 is 31.7. The molecule has 3 aromatic rings. The van der Waals surface area contributed by atoms with Crippen LogP contribution >= 0.6 is 11.6 Å². The van der Waals surface area contributed by atoms with E-state index in [1.165, 1.54) is 6.07 Å². The molecule has 0 aliphatic carbocycles. The number of nitrogens with zero attached hydrogens (tertiary/aromatic N) is 5. The Kier molecular flexibility index (Phi) is 9.09. The van der Waals surface area contributed by atoms with Crippen LogP contribution in [0.15, 0.2) is 42.5 Å². The van der Waals surface area contributed by atoms with Crippen molar-refractivity contribution in [3.05, 3.63) is 70.1 Å². The number of amides is 1. The van der Waals surface area contributed by atoms with Crippen molar-refractivity contribution in [3.63, 3.8) is 0 Å². The van der Waals surface area contributed by atoms with Crippen molar-refractivity contribution < 1.29 is 23.4 Å². The Labute approximate surface area is 256 Å². The van der Waals surface area contributed by atoms with Crippen LogP contribution in [0.25, 0.3) is 10.8 Å². The Morgan fingerprint density at radius 3 is 2.63 bits per heavy atom. The van der Waals surface area contributed by atoms with Gasteiger partial charge in [-0.3, -0.25) is 9.69 Å². The first-order valence-electron chi connectivity index (χ1n) is 14.8. The molecule has 2 fully saturated rings. The smallest absolute Gasteiger partial charge is 0.318 e. The van der Waals surface area contributed by atoms with Crippen LogP contribution in [0.1, 0.15) is 35.8 Å². The second kappa shape index (κ2) is 13.1. The summed E-state index contributed by atoms with van der Waals surface area (Å²) in [4.78, 5) is 28.7. The maximum absolute atomic E-state index is 14.4. The van der Waals surface area contributed by atoms with E-state index in [2.05, 4.69) is 14.8 Å². The van der Waals surface area contributed by atoms with Crippen LogP contribution in [0.2, 0.25) is 5.02 Å². The lowest BCUT2D eigenvalue weighted by Gasteiger charge is -2.37. The summed E-state index contributed by atoms with van der Waals surface area (Å²) in [5, 5.41) is 1.61. The first-order valence-corrected chi connectivity index (χ1v) is 15.2. The minimum atomic E-state index is -0.458. The minimum absolute atomic E-state index is 0.0325. The average Bonchev–Trinajstić information content (AvgIpc) is 3.05. The topological polar surface area (TPSA) is 80.3 Å². The van der Waals surface area contributed by atoms with E-state index >= 15 is 0 Å². The van der Waals surface area contributed by atoms with E-state index in [4.69, 9.17) is 30.8 Å². The van der Waals surface area contributed by atoms with Crippen LogP contribution in [0, 0.1) is 5.82 Å². The number of aromatic nitrogens is 2. The second-order valence-electron chi connectivity index (χ2n) is 11.2. The zero-order valence-electron chi connectivity index (χ0n) is 24.6. The van der Waals surface area contributed by atoms with Gasteiger partial charge in [0.25, 0.3) is 0 Å². The molecular formula is C32H37ClFN5O4. The van der Waals surface area contributed by atoms with E-state index < -0.39 is 5.82 Å². The van der Waals surface area contributed by atoms with Crippen LogP contribution < -0.4 is 9.64 Å². The summed E-state index contributed by atoms with van der Waals surface area (Å²) in [6, 6.07) is 9.16. The number of carbonyl (C=O) groups excluding carboxylic acids is 1. The van der Waals surface area contributed by atoms with Gasteiger partial charge < -0.3 is 24.0 Å². The molecule has 3 aliphatic heterocycles. The van der Waals surface area contributed by atoms with Gasteiger partial charge in [0.15, 0.2) is 0 Å². The Hall–Kier alpha value is -3.31. The van der Waals surface area contributed by atoms with Crippen molar-refractivity contribution in [2.24, 2.45) is 0 Å². The van der Waals surface area contributed by atoms with Gasteiger partial charge in [0.05, 0.1) is 36.6 Å². The molecule has 6 rings (SSSR count). The Morgan fingerprint density at radius 2 is 1.88 bits per heavy atom. The van der Waals surface area contributed by atoms with Crippen molar-refractivity contribution in [2.75, 3.05) is 64.9 Å². The predicted octanol–water partition coefficient (Wildman–Crippen LogP) is 4.56. The molecule has 43 heavy (non-hydrogen) atoms. The number of ether oxygens (including phenoxy) is 3. The average molecular weight is 610 g/mol. The monoisotopic (exact) mass is 609 g/mol. The maximum atomic E-state index is 14.4. The number of hydrogen-bond donors (Lipinski definition) is 0. The van der Waals surface area contributed by atoms with Gasteiger partial charge in [0, 0.05) is 76.4 Å².